The molecular formula is C13H17ClFNO. The van der Waals surface area contributed by atoms with Crippen molar-refractivity contribution in [1.82, 2.24) is 4.90 Å². The average molecular weight is 258 g/mol. The fourth-order valence-electron chi connectivity index (χ4n) is 2.52. The van der Waals surface area contributed by atoms with Crippen molar-refractivity contribution in [2.24, 2.45) is 0 Å². The molecule has 1 saturated heterocycles. The molecule has 0 aliphatic carbocycles. The zero-order valence-electron chi connectivity index (χ0n) is 9.92. The molecule has 4 heteroatoms. The molecule has 94 valence electrons. The van der Waals surface area contributed by atoms with Crippen molar-refractivity contribution in [2.75, 3.05) is 20.1 Å². The molecule has 1 aromatic rings. The van der Waals surface area contributed by atoms with Gasteiger partial charge in [0.1, 0.15) is 5.82 Å². The normalized spacial score (nSPS) is 26.1. The highest BCUT2D eigenvalue weighted by molar-refractivity contribution is 6.30. The summed E-state index contributed by atoms with van der Waals surface area (Å²) in [5.41, 5.74) is -0.339. The van der Waals surface area contributed by atoms with Crippen molar-refractivity contribution in [1.29, 1.82) is 0 Å². The van der Waals surface area contributed by atoms with Gasteiger partial charge in [-0.2, -0.15) is 0 Å². The first-order valence-corrected chi connectivity index (χ1v) is 6.21. The Labute approximate surface area is 106 Å². The third-order valence-corrected chi connectivity index (χ3v) is 3.51. The number of likely N-dealkylation sites (tertiary alicyclic amines) is 1. The van der Waals surface area contributed by atoms with Gasteiger partial charge in [-0.15, -0.1) is 0 Å². The van der Waals surface area contributed by atoms with Gasteiger partial charge in [-0.05, 0) is 50.2 Å². The molecule has 2 rings (SSSR count). The maximum Gasteiger partial charge on any atom is 0.126 e. The Morgan fingerprint density at radius 3 is 3.00 bits per heavy atom. The number of rotatable bonds is 2. The van der Waals surface area contributed by atoms with E-state index < -0.39 is 5.60 Å². The summed E-state index contributed by atoms with van der Waals surface area (Å²) in [6.07, 6.45) is 1.97. The van der Waals surface area contributed by atoms with Crippen LogP contribution in [-0.4, -0.2) is 35.7 Å². The minimum atomic E-state index is -0.835. The highest BCUT2D eigenvalue weighted by Gasteiger charge is 2.32. The van der Waals surface area contributed by atoms with Crippen LogP contribution in [0.1, 0.15) is 18.4 Å². The fourth-order valence-corrected chi connectivity index (χ4v) is 2.71. The van der Waals surface area contributed by atoms with E-state index in [0.717, 1.165) is 13.0 Å². The maximum atomic E-state index is 13.6. The number of benzene rings is 1. The predicted octanol–water partition coefficient (Wildman–Crippen LogP) is 2.48. The fraction of sp³-hybridized carbons (Fsp3) is 0.538. The van der Waals surface area contributed by atoms with Gasteiger partial charge in [-0.1, -0.05) is 11.6 Å². The van der Waals surface area contributed by atoms with E-state index in [1.54, 1.807) is 6.07 Å². The van der Waals surface area contributed by atoms with Gasteiger partial charge >= 0.3 is 0 Å². The summed E-state index contributed by atoms with van der Waals surface area (Å²) >= 11 is 5.85. The van der Waals surface area contributed by atoms with Crippen LogP contribution in [0.15, 0.2) is 18.2 Å². The van der Waals surface area contributed by atoms with Crippen LogP contribution in [0.3, 0.4) is 0 Å². The minimum absolute atomic E-state index is 0.295. The number of aliphatic hydroxyl groups is 1. The van der Waals surface area contributed by atoms with Gasteiger partial charge in [0.25, 0.3) is 0 Å². The quantitative estimate of drug-likeness (QED) is 0.880. The van der Waals surface area contributed by atoms with Gasteiger partial charge < -0.3 is 10.0 Å². The van der Waals surface area contributed by atoms with Crippen molar-refractivity contribution in [2.45, 2.75) is 24.9 Å². The Morgan fingerprint density at radius 1 is 1.53 bits per heavy atom. The second kappa shape index (κ2) is 4.92. The Hall–Kier alpha value is -0.640. The van der Waals surface area contributed by atoms with Crippen LogP contribution in [-0.2, 0) is 6.42 Å². The summed E-state index contributed by atoms with van der Waals surface area (Å²) in [6.45, 7) is 1.57. The molecule has 0 aromatic heterocycles. The van der Waals surface area contributed by atoms with E-state index in [1.807, 2.05) is 7.05 Å². The van der Waals surface area contributed by atoms with E-state index in [2.05, 4.69) is 4.90 Å². The van der Waals surface area contributed by atoms with Crippen molar-refractivity contribution in [3.63, 3.8) is 0 Å². The molecule has 0 amide bonds. The molecule has 0 spiro atoms. The van der Waals surface area contributed by atoms with Crippen LogP contribution >= 0.6 is 11.6 Å². The van der Waals surface area contributed by atoms with Gasteiger partial charge in [-0.25, -0.2) is 4.39 Å². The lowest BCUT2D eigenvalue weighted by Gasteiger charge is -2.37. The second-order valence-corrected chi connectivity index (χ2v) is 5.41. The summed E-state index contributed by atoms with van der Waals surface area (Å²) in [5, 5.41) is 11.0. The Bertz CT molecular complexity index is 412. The van der Waals surface area contributed by atoms with Crippen molar-refractivity contribution < 1.29 is 9.50 Å². The lowest BCUT2D eigenvalue weighted by Crippen LogP contribution is -2.48. The zero-order chi connectivity index (χ0) is 12.5. The molecule has 17 heavy (non-hydrogen) atoms. The largest absolute Gasteiger partial charge is 0.388 e. The topological polar surface area (TPSA) is 23.5 Å². The van der Waals surface area contributed by atoms with Gasteiger partial charge in [0.05, 0.1) is 5.60 Å². The van der Waals surface area contributed by atoms with Crippen molar-refractivity contribution in [3.05, 3.63) is 34.6 Å². The summed E-state index contributed by atoms with van der Waals surface area (Å²) in [4.78, 5) is 2.08. The number of halogens is 2. The lowest BCUT2D eigenvalue weighted by atomic mass is 9.86. The monoisotopic (exact) mass is 257 g/mol. The average Bonchev–Trinajstić information content (AvgIpc) is 2.22. The lowest BCUT2D eigenvalue weighted by molar-refractivity contribution is -0.0229. The number of β-amino-alcohol motifs (C(OH)–C–C–N with tert-alkyl or cyclic N) is 1. The van der Waals surface area contributed by atoms with E-state index in [9.17, 15) is 9.50 Å². The Kier molecular flexibility index (Phi) is 3.71. The highest BCUT2D eigenvalue weighted by Crippen LogP contribution is 2.26. The minimum Gasteiger partial charge on any atom is -0.388 e. The van der Waals surface area contributed by atoms with Crippen LogP contribution in [0.25, 0.3) is 0 Å². The van der Waals surface area contributed by atoms with E-state index in [-0.39, 0.29) is 5.82 Å². The van der Waals surface area contributed by atoms with Crippen molar-refractivity contribution in [3.8, 4) is 0 Å². The molecule has 1 heterocycles. The second-order valence-electron chi connectivity index (χ2n) is 4.98. The molecule has 1 N–H and O–H groups in total. The molecule has 1 unspecified atom stereocenters. The SMILES string of the molecule is CN1CCCC(O)(Cc2cc(Cl)ccc2F)C1. The van der Waals surface area contributed by atoms with Gasteiger partial charge in [-0.3, -0.25) is 0 Å². The highest BCUT2D eigenvalue weighted by atomic mass is 35.5. The van der Waals surface area contributed by atoms with E-state index in [4.69, 9.17) is 11.6 Å². The van der Waals surface area contributed by atoms with Crippen LogP contribution in [0.4, 0.5) is 4.39 Å². The predicted molar refractivity (Wildman–Crippen MR) is 66.8 cm³/mol. The molecule has 0 radical (unpaired) electrons. The summed E-state index contributed by atoms with van der Waals surface area (Å²) in [6, 6.07) is 4.48. The van der Waals surface area contributed by atoms with Gasteiger partial charge in [0, 0.05) is 18.0 Å². The summed E-state index contributed by atoms with van der Waals surface area (Å²) in [7, 11) is 1.97. The van der Waals surface area contributed by atoms with Gasteiger partial charge in [0.15, 0.2) is 0 Å². The van der Waals surface area contributed by atoms with Gasteiger partial charge in [0.2, 0.25) is 0 Å². The molecular weight excluding hydrogens is 241 g/mol. The van der Waals surface area contributed by atoms with Crippen LogP contribution in [0.5, 0.6) is 0 Å². The first-order chi connectivity index (χ1) is 7.98. The standard InChI is InChI=1S/C13H17ClFNO/c1-16-6-2-5-13(17,9-16)8-10-7-11(14)3-4-12(10)15/h3-4,7,17H,2,5-6,8-9H2,1H3. The van der Waals surface area contributed by atoms with E-state index >= 15 is 0 Å². The number of piperidine rings is 1. The first-order valence-electron chi connectivity index (χ1n) is 5.83. The maximum absolute atomic E-state index is 13.6. The van der Waals surface area contributed by atoms with Crippen LogP contribution < -0.4 is 0 Å². The number of nitrogens with zero attached hydrogens (tertiary/aromatic N) is 1. The summed E-state index contributed by atoms with van der Waals surface area (Å²) < 4.78 is 13.6. The number of hydrogen-bond acceptors (Lipinski definition) is 2. The molecule has 1 aliphatic rings. The molecule has 1 atom stereocenters. The molecule has 1 aromatic carbocycles. The molecule has 2 nitrogen and oxygen atoms in total. The zero-order valence-corrected chi connectivity index (χ0v) is 10.7. The number of likely N-dealkylation sites (N-methyl/N-ethyl adjacent to an activating group) is 1. The number of hydrogen-bond donors (Lipinski definition) is 1. The van der Waals surface area contributed by atoms with Crippen LogP contribution in [0, 0.1) is 5.82 Å². The molecule has 1 fully saturated rings. The molecule has 0 bridgehead atoms. The first kappa shape index (κ1) is 12.8. The smallest absolute Gasteiger partial charge is 0.126 e. The third-order valence-electron chi connectivity index (χ3n) is 3.27. The molecule has 1 aliphatic heterocycles. The van der Waals surface area contributed by atoms with Crippen LogP contribution in [0.2, 0.25) is 5.02 Å². The Morgan fingerprint density at radius 2 is 2.29 bits per heavy atom. The third kappa shape index (κ3) is 3.18. The van der Waals surface area contributed by atoms with E-state index in [0.29, 0.717) is 30.0 Å². The Balaban J connectivity index is 2.16. The molecule has 0 saturated carbocycles. The summed E-state index contributed by atoms with van der Waals surface area (Å²) in [5.74, 6) is -0.295. The van der Waals surface area contributed by atoms with E-state index in [1.165, 1.54) is 12.1 Å². The van der Waals surface area contributed by atoms with Crippen molar-refractivity contribution >= 4 is 11.6 Å².